The van der Waals surface area contributed by atoms with Crippen LogP contribution in [-0.4, -0.2) is 37.2 Å². The lowest BCUT2D eigenvalue weighted by molar-refractivity contribution is -0.167. The number of carbonyl (C=O) groups excluding carboxylic acids is 3. The molecule has 0 aromatic rings. The number of esters is 3. The molecule has 0 aromatic carbocycles. The summed E-state index contributed by atoms with van der Waals surface area (Å²) >= 11 is 0. The summed E-state index contributed by atoms with van der Waals surface area (Å²) in [6.07, 6.45) is 97.6. The lowest BCUT2D eigenvalue weighted by atomic mass is 10.1. The molecule has 6 heteroatoms. The predicted octanol–water partition coefficient (Wildman–Crippen LogP) is 23.7. The number of allylic oxidation sites excluding steroid dienone is 22. The summed E-state index contributed by atoms with van der Waals surface area (Å²) in [4.78, 5) is 38.4. The summed E-state index contributed by atoms with van der Waals surface area (Å²) in [6, 6.07) is 0. The quantitative estimate of drug-likeness (QED) is 0.0261. The number of hydrogen-bond acceptors (Lipinski definition) is 6. The van der Waals surface area contributed by atoms with E-state index in [9.17, 15) is 14.4 Å². The van der Waals surface area contributed by atoms with Gasteiger partial charge in [0.05, 0.1) is 0 Å². The fraction of sp³-hybridized carbons (Fsp3) is 0.671. The van der Waals surface area contributed by atoms with Gasteiger partial charge in [0.25, 0.3) is 0 Å². The van der Waals surface area contributed by atoms with E-state index in [4.69, 9.17) is 14.2 Å². The van der Waals surface area contributed by atoms with Crippen LogP contribution in [0.4, 0.5) is 0 Å². The Bertz CT molecular complexity index is 1730. The third-order valence-electron chi connectivity index (χ3n) is 14.4. The SMILES string of the molecule is CC/C=C\C/C=C\C/C=C\C/C=C\C/C=C\C/C=C\C/C=C\C/C=C\C/C=C\CCCC(=O)OCC(COC(=O)CCCCCCC/C=C\CCCCCCC)OC(=O)CCCCCCCCCCC/C=C\CCCCCCCCCC. The van der Waals surface area contributed by atoms with Crippen molar-refractivity contribution in [3.63, 3.8) is 0 Å². The van der Waals surface area contributed by atoms with E-state index in [0.29, 0.717) is 19.3 Å². The molecule has 0 fully saturated rings. The van der Waals surface area contributed by atoms with Crippen molar-refractivity contribution in [1.29, 1.82) is 0 Å². The molecule has 0 aliphatic carbocycles. The first-order chi connectivity index (χ1) is 40.5. The molecule has 0 aliphatic heterocycles. The van der Waals surface area contributed by atoms with Crippen LogP contribution in [0.25, 0.3) is 0 Å². The molecule has 6 nitrogen and oxygen atoms in total. The standard InChI is InChI=1S/C76H126O6/c1-4-7-10-13-16-19-22-25-28-30-32-34-35-36-37-38-39-40-41-43-44-46-48-51-54-57-60-63-66-69-75(78)81-72-73(71-80-74(77)68-65-62-59-56-53-50-27-24-21-18-15-12-9-6-3)82-76(79)70-67-64-61-58-55-52-49-47-45-42-33-31-29-26-23-20-17-14-11-8-5-2/h7,10,16,19,24-25,27-28,31-34,36-37,39-40,43-44,48,51,57,60,73H,4-6,8-9,11-15,17-18,20-23,26,29-30,35,38,41-42,45-47,49-50,52-56,58-59,61-72H2,1-3H3/b10-7-,19-16-,27-24-,28-25-,33-31-,34-32-,37-36-,40-39-,44-43-,51-48-,60-57-. The van der Waals surface area contributed by atoms with Gasteiger partial charge in [-0.25, -0.2) is 0 Å². The highest BCUT2D eigenvalue weighted by Gasteiger charge is 2.19. The van der Waals surface area contributed by atoms with Crippen LogP contribution >= 0.6 is 0 Å². The summed E-state index contributed by atoms with van der Waals surface area (Å²) in [5.41, 5.74) is 0. The molecule has 0 bridgehead atoms. The number of rotatable bonds is 61. The summed E-state index contributed by atoms with van der Waals surface area (Å²) in [6.45, 7) is 6.48. The molecule has 0 N–H and O–H groups in total. The van der Waals surface area contributed by atoms with Crippen LogP contribution in [0.15, 0.2) is 134 Å². The predicted molar refractivity (Wildman–Crippen MR) is 357 cm³/mol. The van der Waals surface area contributed by atoms with Crippen molar-refractivity contribution in [2.24, 2.45) is 0 Å². The first-order valence-corrected chi connectivity index (χ1v) is 34.2. The van der Waals surface area contributed by atoms with Gasteiger partial charge < -0.3 is 14.2 Å². The van der Waals surface area contributed by atoms with Crippen LogP contribution in [-0.2, 0) is 28.6 Å². The van der Waals surface area contributed by atoms with Gasteiger partial charge in [-0.15, -0.1) is 0 Å². The van der Waals surface area contributed by atoms with Gasteiger partial charge in [0.2, 0.25) is 0 Å². The molecule has 0 aliphatic rings. The van der Waals surface area contributed by atoms with Gasteiger partial charge in [0, 0.05) is 19.3 Å². The molecule has 0 saturated heterocycles. The minimum atomic E-state index is -0.812. The van der Waals surface area contributed by atoms with E-state index in [0.717, 1.165) is 116 Å². The maximum Gasteiger partial charge on any atom is 0.306 e. The van der Waals surface area contributed by atoms with Crippen LogP contribution in [0.2, 0.25) is 0 Å². The van der Waals surface area contributed by atoms with Gasteiger partial charge in [-0.1, -0.05) is 289 Å². The van der Waals surface area contributed by atoms with Crippen LogP contribution in [0.5, 0.6) is 0 Å². The van der Waals surface area contributed by atoms with Gasteiger partial charge in [-0.3, -0.25) is 14.4 Å². The zero-order valence-corrected chi connectivity index (χ0v) is 53.5. The average Bonchev–Trinajstić information content (AvgIpc) is 3.47. The molecule has 0 aromatic heterocycles. The first-order valence-electron chi connectivity index (χ1n) is 34.2. The van der Waals surface area contributed by atoms with E-state index >= 15 is 0 Å². The second-order valence-corrected chi connectivity index (χ2v) is 22.3. The molecule has 1 unspecified atom stereocenters. The highest BCUT2D eigenvalue weighted by atomic mass is 16.6. The highest BCUT2D eigenvalue weighted by molar-refractivity contribution is 5.71. The zero-order valence-electron chi connectivity index (χ0n) is 53.5. The summed E-state index contributed by atoms with van der Waals surface area (Å²) in [5, 5.41) is 0. The van der Waals surface area contributed by atoms with Crippen molar-refractivity contribution in [3.05, 3.63) is 134 Å². The Balaban J connectivity index is 4.45. The largest absolute Gasteiger partial charge is 0.462 e. The molecule has 82 heavy (non-hydrogen) atoms. The fourth-order valence-electron chi connectivity index (χ4n) is 9.26. The van der Waals surface area contributed by atoms with Crippen molar-refractivity contribution >= 4 is 17.9 Å². The highest BCUT2D eigenvalue weighted by Crippen LogP contribution is 2.15. The monoisotopic (exact) mass is 1130 g/mol. The van der Waals surface area contributed by atoms with Gasteiger partial charge in [0.1, 0.15) is 13.2 Å². The molecule has 0 saturated carbocycles. The van der Waals surface area contributed by atoms with Crippen molar-refractivity contribution in [3.8, 4) is 0 Å². The van der Waals surface area contributed by atoms with E-state index < -0.39 is 6.10 Å². The second kappa shape index (κ2) is 69.0. The Labute approximate surface area is 506 Å². The Hall–Kier alpha value is -4.45. The van der Waals surface area contributed by atoms with E-state index in [1.54, 1.807) is 0 Å². The minimum Gasteiger partial charge on any atom is -0.462 e. The van der Waals surface area contributed by atoms with Gasteiger partial charge >= 0.3 is 17.9 Å². The second-order valence-electron chi connectivity index (χ2n) is 22.3. The Morgan fingerprint density at radius 2 is 0.488 bits per heavy atom. The molecule has 0 rings (SSSR count). The smallest absolute Gasteiger partial charge is 0.306 e. The molecule has 466 valence electrons. The van der Waals surface area contributed by atoms with Crippen LogP contribution in [0.3, 0.4) is 0 Å². The molecule has 0 spiro atoms. The third-order valence-corrected chi connectivity index (χ3v) is 14.4. The van der Waals surface area contributed by atoms with Crippen molar-refractivity contribution in [1.82, 2.24) is 0 Å². The number of hydrogen-bond donors (Lipinski definition) is 0. The molecule has 0 radical (unpaired) electrons. The third kappa shape index (κ3) is 66.4. The Kier molecular flexibility index (Phi) is 65.3. The topological polar surface area (TPSA) is 78.9 Å². The first kappa shape index (κ1) is 77.5. The van der Waals surface area contributed by atoms with Crippen molar-refractivity contribution < 1.29 is 28.6 Å². The van der Waals surface area contributed by atoms with Gasteiger partial charge in [-0.05, 0) is 135 Å². The maximum absolute atomic E-state index is 12.9. The van der Waals surface area contributed by atoms with Gasteiger partial charge in [0.15, 0.2) is 6.10 Å². The molecule has 0 heterocycles. The van der Waals surface area contributed by atoms with E-state index in [1.807, 2.05) is 0 Å². The minimum absolute atomic E-state index is 0.103. The van der Waals surface area contributed by atoms with E-state index in [2.05, 4.69) is 154 Å². The Morgan fingerprint density at radius 3 is 0.805 bits per heavy atom. The molecule has 0 amide bonds. The van der Waals surface area contributed by atoms with E-state index in [-0.39, 0.29) is 37.5 Å². The summed E-state index contributed by atoms with van der Waals surface area (Å²) in [5.74, 6) is -0.970. The van der Waals surface area contributed by atoms with Crippen molar-refractivity contribution in [2.75, 3.05) is 13.2 Å². The van der Waals surface area contributed by atoms with Crippen LogP contribution in [0, 0.1) is 0 Å². The summed E-state index contributed by atoms with van der Waals surface area (Å²) in [7, 11) is 0. The lowest BCUT2D eigenvalue weighted by Crippen LogP contribution is -2.30. The normalized spacial score (nSPS) is 13.0. The zero-order chi connectivity index (χ0) is 59.2. The average molecular weight is 1140 g/mol. The van der Waals surface area contributed by atoms with Crippen molar-refractivity contribution in [2.45, 2.75) is 316 Å². The van der Waals surface area contributed by atoms with E-state index in [1.165, 1.54) is 148 Å². The number of carbonyl (C=O) groups is 3. The van der Waals surface area contributed by atoms with Crippen LogP contribution < -0.4 is 0 Å². The number of ether oxygens (including phenoxy) is 3. The maximum atomic E-state index is 12.9. The molecular formula is C76H126O6. The Morgan fingerprint density at radius 1 is 0.256 bits per heavy atom. The van der Waals surface area contributed by atoms with Crippen LogP contribution in [0.1, 0.15) is 310 Å². The summed E-state index contributed by atoms with van der Waals surface area (Å²) < 4.78 is 16.9. The molecule has 1 atom stereocenters. The fourth-order valence-corrected chi connectivity index (χ4v) is 9.26. The number of unbranched alkanes of at least 4 members (excludes halogenated alkanes) is 28. The van der Waals surface area contributed by atoms with Gasteiger partial charge in [-0.2, -0.15) is 0 Å². The lowest BCUT2D eigenvalue weighted by Gasteiger charge is -2.18. The molecular weight excluding hydrogens is 1010 g/mol.